The molecule has 126 valence electrons. The van der Waals surface area contributed by atoms with E-state index in [4.69, 9.17) is 0 Å². The number of carbonyl (C=O) groups is 2. The van der Waals surface area contributed by atoms with Gasteiger partial charge in [0.05, 0.1) is 16.4 Å². The Hall–Kier alpha value is -1.99. The highest BCUT2D eigenvalue weighted by Crippen LogP contribution is 2.29. The summed E-state index contributed by atoms with van der Waals surface area (Å²) in [6.45, 7) is 1.52. The van der Waals surface area contributed by atoms with Crippen LogP contribution < -0.4 is 5.32 Å². The average Bonchev–Trinajstić information content (AvgIpc) is 3.14. The largest absolute Gasteiger partial charge is 0.348 e. The van der Waals surface area contributed by atoms with Gasteiger partial charge in [-0.05, 0) is 42.5 Å². The van der Waals surface area contributed by atoms with E-state index in [0.29, 0.717) is 16.9 Å². The summed E-state index contributed by atoms with van der Waals surface area (Å²) in [6, 6.07) is 8.56. The van der Waals surface area contributed by atoms with Gasteiger partial charge in [0.2, 0.25) is 0 Å². The van der Waals surface area contributed by atoms with E-state index in [1.165, 1.54) is 18.3 Å². The molecule has 1 aromatic carbocycles. The third kappa shape index (κ3) is 3.57. The second kappa shape index (κ2) is 6.49. The van der Waals surface area contributed by atoms with Crippen molar-refractivity contribution in [3.63, 3.8) is 0 Å². The molecule has 2 aromatic rings. The molecule has 2 heterocycles. The maximum Gasteiger partial charge on any atom is 0.251 e. The van der Waals surface area contributed by atoms with E-state index in [9.17, 15) is 18.0 Å². The first-order valence-electron chi connectivity index (χ1n) is 7.56. The van der Waals surface area contributed by atoms with Crippen molar-refractivity contribution in [2.24, 2.45) is 0 Å². The zero-order chi connectivity index (χ0) is 17.3. The summed E-state index contributed by atoms with van der Waals surface area (Å²) in [5.74, 6) is -0.184. The summed E-state index contributed by atoms with van der Waals surface area (Å²) in [7, 11) is -3.03. The number of carbonyl (C=O) groups excluding carboxylic acids is 2. The molecule has 3 rings (SSSR count). The lowest BCUT2D eigenvalue weighted by molar-refractivity contribution is 0.0940. The number of sulfone groups is 1. The molecule has 24 heavy (non-hydrogen) atoms. The zero-order valence-electron chi connectivity index (χ0n) is 13.1. The van der Waals surface area contributed by atoms with Gasteiger partial charge in [-0.15, -0.1) is 11.3 Å². The number of benzene rings is 1. The van der Waals surface area contributed by atoms with Crippen LogP contribution in [0.15, 0.2) is 35.7 Å². The molecule has 0 saturated carbocycles. The summed E-state index contributed by atoms with van der Waals surface area (Å²) in [4.78, 5) is 24.7. The van der Waals surface area contributed by atoms with Gasteiger partial charge in [-0.25, -0.2) is 8.42 Å². The van der Waals surface area contributed by atoms with Gasteiger partial charge >= 0.3 is 0 Å². The Morgan fingerprint density at radius 1 is 1.25 bits per heavy atom. The number of ketones is 1. The highest BCUT2D eigenvalue weighted by atomic mass is 32.2. The fourth-order valence-corrected chi connectivity index (χ4v) is 5.31. The van der Waals surface area contributed by atoms with Crippen molar-refractivity contribution < 1.29 is 18.0 Å². The van der Waals surface area contributed by atoms with Crippen LogP contribution in [0.4, 0.5) is 0 Å². The van der Waals surface area contributed by atoms with Crippen molar-refractivity contribution in [1.29, 1.82) is 0 Å². The second-order valence-electron chi connectivity index (χ2n) is 5.87. The van der Waals surface area contributed by atoms with Gasteiger partial charge in [-0.2, -0.15) is 0 Å². The highest BCUT2D eigenvalue weighted by Gasteiger charge is 2.29. The number of hydrogen-bond acceptors (Lipinski definition) is 5. The minimum atomic E-state index is -3.03. The van der Waals surface area contributed by atoms with Crippen LogP contribution in [-0.4, -0.2) is 37.7 Å². The third-order valence-electron chi connectivity index (χ3n) is 3.99. The van der Waals surface area contributed by atoms with Crippen molar-refractivity contribution in [3.8, 4) is 11.1 Å². The number of Topliss-reactive ketones (excluding diaryl/α,β-unsaturated/α-hetero) is 1. The summed E-state index contributed by atoms with van der Waals surface area (Å²) in [5, 5.41) is 4.63. The van der Waals surface area contributed by atoms with Crippen LogP contribution >= 0.6 is 11.3 Å². The van der Waals surface area contributed by atoms with E-state index >= 15 is 0 Å². The molecule has 0 spiro atoms. The van der Waals surface area contributed by atoms with Gasteiger partial charge in [0.25, 0.3) is 5.91 Å². The van der Waals surface area contributed by atoms with Crippen LogP contribution in [0.2, 0.25) is 0 Å². The molecule has 5 nitrogen and oxygen atoms in total. The van der Waals surface area contributed by atoms with Crippen LogP contribution in [-0.2, 0) is 9.84 Å². The molecule has 1 atom stereocenters. The smallest absolute Gasteiger partial charge is 0.251 e. The molecule has 1 unspecified atom stereocenters. The Morgan fingerprint density at radius 2 is 2.04 bits per heavy atom. The van der Waals surface area contributed by atoms with Gasteiger partial charge in [0, 0.05) is 17.2 Å². The first-order valence-corrected chi connectivity index (χ1v) is 10.3. The first kappa shape index (κ1) is 16.9. The Morgan fingerprint density at radius 3 is 2.71 bits per heavy atom. The van der Waals surface area contributed by atoms with E-state index in [-0.39, 0.29) is 29.2 Å². The standard InChI is InChI=1S/C17H17NO4S2/c1-11(19)16-15(5-7-23-16)12-3-2-4-13(9-12)17(20)18-14-6-8-24(21,22)10-14/h2-5,7,9,14H,6,8,10H2,1H3,(H,18,20). The van der Waals surface area contributed by atoms with Gasteiger partial charge in [0.15, 0.2) is 15.6 Å². The number of hydrogen-bond donors (Lipinski definition) is 1. The van der Waals surface area contributed by atoms with E-state index < -0.39 is 9.84 Å². The zero-order valence-corrected chi connectivity index (χ0v) is 14.7. The van der Waals surface area contributed by atoms with Gasteiger partial charge < -0.3 is 5.32 Å². The lowest BCUT2D eigenvalue weighted by Crippen LogP contribution is -2.35. The molecule has 0 aliphatic carbocycles. The number of rotatable bonds is 4. The Balaban J connectivity index is 1.81. The minimum Gasteiger partial charge on any atom is -0.348 e. The average molecular weight is 363 g/mol. The van der Waals surface area contributed by atoms with Crippen molar-refractivity contribution in [1.82, 2.24) is 5.32 Å². The molecule has 1 saturated heterocycles. The fourth-order valence-electron chi connectivity index (χ4n) is 2.81. The maximum absolute atomic E-state index is 12.4. The predicted octanol–water partition coefficient (Wildman–Crippen LogP) is 2.53. The van der Waals surface area contributed by atoms with Crippen LogP contribution in [0.1, 0.15) is 33.4 Å². The predicted molar refractivity (Wildman–Crippen MR) is 94.3 cm³/mol. The van der Waals surface area contributed by atoms with Crippen LogP contribution in [0.25, 0.3) is 11.1 Å². The number of amides is 1. The minimum absolute atomic E-state index is 0.00253. The maximum atomic E-state index is 12.4. The fraction of sp³-hybridized carbons (Fsp3) is 0.294. The molecular weight excluding hydrogens is 346 g/mol. The molecule has 1 aliphatic rings. The van der Waals surface area contributed by atoms with Crippen molar-refractivity contribution in [3.05, 3.63) is 46.2 Å². The van der Waals surface area contributed by atoms with E-state index in [2.05, 4.69) is 5.32 Å². The molecular formula is C17H17NO4S2. The molecule has 1 aliphatic heterocycles. The Bertz CT molecular complexity index is 899. The molecule has 1 aromatic heterocycles. The van der Waals surface area contributed by atoms with Crippen molar-refractivity contribution in [2.45, 2.75) is 19.4 Å². The molecule has 1 amide bonds. The van der Waals surface area contributed by atoms with Gasteiger partial charge in [-0.3, -0.25) is 9.59 Å². The lowest BCUT2D eigenvalue weighted by atomic mass is 10.0. The highest BCUT2D eigenvalue weighted by molar-refractivity contribution is 7.91. The summed E-state index contributed by atoms with van der Waals surface area (Å²) in [6.07, 6.45) is 0.451. The molecule has 0 bridgehead atoms. The molecule has 1 fully saturated rings. The van der Waals surface area contributed by atoms with Crippen molar-refractivity contribution in [2.75, 3.05) is 11.5 Å². The second-order valence-corrected chi connectivity index (χ2v) is 9.02. The lowest BCUT2D eigenvalue weighted by Gasteiger charge is -2.11. The molecule has 7 heteroatoms. The summed E-state index contributed by atoms with van der Waals surface area (Å²) < 4.78 is 23.0. The Kier molecular flexibility index (Phi) is 4.56. The number of nitrogens with one attached hydrogen (secondary N) is 1. The normalized spacial score (nSPS) is 19.1. The SMILES string of the molecule is CC(=O)c1sccc1-c1cccc(C(=O)NC2CCS(=O)(=O)C2)c1. The van der Waals surface area contributed by atoms with Crippen molar-refractivity contribution >= 4 is 32.9 Å². The van der Waals surface area contributed by atoms with E-state index in [0.717, 1.165) is 11.1 Å². The quantitative estimate of drug-likeness (QED) is 0.847. The number of thiophene rings is 1. The Labute approximate surface area is 144 Å². The monoisotopic (exact) mass is 363 g/mol. The van der Waals surface area contributed by atoms with E-state index in [1.807, 2.05) is 17.5 Å². The molecule has 0 radical (unpaired) electrons. The van der Waals surface area contributed by atoms with Crippen LogP contribution in [0.5, 0.6) is 0 Å². The van der Waals surface area contributed by atoms with Gasteiger partial charge in [-0.1, -0.05) is 12.1 Å². The van der Waals surface area contributed by atoms with Crippen LogP contribution in [0, 0.1) is 0 Å². The topological polar surface area (TPSA) is 80.3 Å². The van der Waals surface area contributed by atoms with Gasteiger partial charge in [0.1, 0.15) is 0 Å². The summed E-state index contributed by atoms with van der Waals surface area (Å²) in [5.41, 5.74) is 2.07. The van der Waals surface area contributed by atoms with Crippen LogP contribution in [0.3, 0.4) is 0 Å². The molecule has 1 N–H and O–H groups in total. The first-order chi connectivity index (χ1) is 11.4. The van der Waals surface area contributed by atoms with E-state index in [1.54, 1.807) is 18.2 Å². The summed E-state index contributed by atoms with van der Waals surface area (Å²) >= 11 is 1.38. The third-order valence-corrected chi connectivity index (χ3v) is 6.77.